The van der Waals surface area contributed by atoms with Crippen LogP contribution >= 0.6 is 0 Å². The van der Waals surface area contributed by atoms with E-state index in [0.717, 1.165) is 36.0 Å². The molecule has 2 fully saturated rings. The number of aromatic hydroxyl groups is 1. The Morgan fingerprint density at radius 1 is 1.19 bits per heavy atom. The second-order valence-corrected chi connectivity index (χ2v) is 9.25. The van der Waals surface area contributed by atoms with E-state index in [4.69, 9.17) is 0 Å². The summed E-state index contributed by atoms with van der Waals surface area (Å²) in [5.74, 6) is 0.947. The predicted octanol–water partition coefficient (Wildman–Crippen LogP) is 3.60. The summed E-state index contributed by atoms with van der Waals surface area (Å²) in [6.45, 7) is 7.42. The number of carbonyl (C=O) groups excluding carboxylic acids is 1. The number of likely N-dealkylation sites (tertiary alicyclic amines) is 1. The number of phenolic OH excluding ortho intramolecular Hbond substituents is 1. The minimum atomic E-state index is 0.128. The molecule has 1 aliphatic carbocycles. The molecule has 1 N–H and O–H groups in total. The summed E-state index contributed by atoms with van der Waals surface area (Å²) in [5, 5.41) is 11.6. The number of hydrogen-bond acceptors (Lipinski definition) is 3. The van der Waals surface area contributed by atoms with E-state index in [1.54, 1.807) is 12.1 Å². The van der Waals surface area contributed by atoms with Crippen molar-refractivity contribution in [3.8, 4) is 5.75 Å². The van der Waals surface area contributed by atoms with E-state index < -0.39 is 0 Å². The quantitative estimate of drug-likeness (QED) is 0.918. The van der Waals surface area contributed by atoms with Crippen LogP contribution in [0.5, 0.6) is 5.75 Å². The molecule has 4 heteroatoms. The van der Waals surface area contributed by atoms with Crippen LogP contribution in [0.4, 0.5) is 0 Å². The maximum Gasteiger partial charge on any atom is 0.253 e. The van der Waals surface area contributed by atoms with Crippen LogP contribution < -0.4 is 0 Å². The van der Waals surface area contributed by atoms with Gasteiger partial charge < -0.3 is 14.9 Å². The van der Waals surface area contributed by atoms with Crippen LogP contribution in [0.15, 0.2) is 36.4 Å². The lowest BCUT2D eigenvalue weighted by Crippen LogP contribution is -2.57. The molecule has 2 aromatic carbocycles. The monoisotopic (exact) mass is 352 g/mol. The first-order chi connectivity index (χ1) is 12.2. The molecule has 0 spiro atoms. The van der Waals surface area contributed by atoms with Crippen molar-refractivity contribution < 1.29 is 9.90 Å². The average Bonchev–Trinajstić information content (AvgIpc) is 2.87. The van der Waals surface area contributed by atoms with Gasteiger partial charge in [0.2, 0.25) is 0 Å². The Kier molecular flexibility index (Phi) is 3.81. The Balaban J connectivity index is 1.60. The second-order valence-electron chi connectivity index (χ2n) is 9.25. The number of phenols is 1. The molecule has 1 saturated heterocycles. The predicted molar refractivity (Wildman–Crippen MR) is 104 cm³/mol. The van der Waals surface area contributed by atoms with Crippen molar-refractivity contribution >= 4 is 16.7 Å². The van der Waals surface area contributed by atoms with E-state index in [2.05, 4.69) is 37.7 Å². The van der Waals surface area contributed by atoms with E-state index in [-0.39, 0.29) is 17.1 Å². The van der Waals surface area contributed by atoms with Crippen molar-refractivity contribution in [1.82, 2.24) is 9.80 Å². The largest absolute Gasteiger partial charge is 0.508 e. The topological polar surface area (TPSA) is 43.8 Å². The van der Waals surface area contributed by atoms with Crippen LogP contribution in [-0.4, -0.2) is 54.5 Å². The highest BCUT2D eigenvalue weighted by Crippen LogP contribution is 2.62. The van der Waals surface area contributed by atoms with E-state index in [0.29, 0.717) is 11.3 Å². The third kappa shape index (κ3) is 2.67. The smallest absolute Gasteiger partial charge is 0.253 e. The molecule has 26 heavy (non-hydrogen) atoms. The summed E-state index contributed by atoms with van der Waals surface area (Å²) < 4.78 is 0. The number of carbonyl (C=O) groups is 1. The van der Waals surface area contributed by atoms with Gasteiger partial charge in [-0.25, -0.2) is 0 Å². The van der Waals surface area contributed by atoms with Crippen molar-refractivity contribution in [3.05, 3.63) is 42.0 Å². The molecule has 2 aromatic rings. The summed E-state index contributed by atoms with van der Waals surface area (Å²) in [4.78, 5) is 17.5. The van der Waals surface area contributed by atoms with Crippen molar-refractivity contribution in [2.45, 2.75) is 20.3 Å². The zero-order chi connectivity index (χ0) is 18.7. The van der Waals surface area contributed by atoms with Gasteiger partial charge in [0.15, 0.2) is 0 Å². The van der Waals surface area contributed by atoms with Crippen molar-refractivity contribution in [2.24, 2.45) is 16.7 Å². The maximum absolute atomic E-state index is 13.2. The molecule has 0 bridgehead atoms. The van der Waals surface area contributed by atoms with E-state index in [1.807, 2.05) is 24.3 Å². The van der Waals surface area contributed by atoms with Crippen LogP contribution in [0.3, 0.4) is 0 Å². The van der Waals surface area contributed by atoms with Gasteiger partial charge in [0.1, 0.15) is 5.75 Å². The van der Waals surface area contributed by atoms with Crippen LogP contribution in [0.1, 0.15) is 30.6 Å². The fourth-order valence-corrected chi connectivity index (χ4v) is 5.67. The van der Waals surface area contributed by atoms with Gasteiger partial charge in [-0.3, -0.25) is 4.79 Å². The molecule has 4 rings (SSSR count). The Labute approximate surface area is 155 Å². The number of benzene rings is 2. The molecule has 0 aromatic heterocycles. The second kappa shape index (κ2) is 5.71. The van der Waals surface area contributed by atoms with Crippen LogP contribution in [0.25, 0.3) is 10.8 Å². The first-order valence-electron chi connectivity index (χ1n) is 9.37. The Morgan fingerprint density at radius 2 is 1.88 bits per heavy atom. The highest BCUT2D eigenvalue weighted by atomic mass is 16.3. The summed E-state index contributed by atoms with van der Waals surface area (Å²) in [6.07, 6.45) is 1.18. The van der Waals surface area contributed by atoms with Gasteiger partial charge >= 0.3 is 0 Å². The van der Waals surface area contributed by atoms with Gasteiger partial charge in [0.25, 0.3) is 5.91 Å². The number of fused-ring (bicyclic) bond motifs is 2. The number of nitrogens with zero attached hydrogens (tertiary/aromatic N) is 2. The minimum Gasteiger partial charge on any atom is -0.508 e. The molecule has 0 radical (unpaired) electrons. The number of rotatable bonds is 3. The fraction of sp³-hybridized carbons (Fsp3) is 0.500. The molecule has 1 heterocycles. The van der Waals surface area contributed by atoms with Crippen LogP contribution in [0.2, 0.25) is 0 Å². The van der Waals surface area contributed by atoms with Gasteiger partial charge in [-0.2, -0.15) is 0 Å². The highest BCUT2D eigenvalue weighted by molar-refractivity contribution is 5.99. The van der Waals surface area contributed by atoms with E-state index in [1.165, 1.54) is 6.42 Å². The lowest BCUT2D eigenvalue weighted by atomic mass is 9.48. The van der Waals surface area contributed by atoms with Gasteiger partial charge in [-0.05, 0) is 66.9 Å². The molecular weight excluding hydrogens is 324 g/mol. The molecule has 2 aliphatic rings. The third-order valence-corrected chi connectivity index (χ3v) is 6.39. The van der Waals surface area contributed by atoms with Crippen LogP contribution in [0, 0.1) is 16.7 Å². The molecule has 1 aliphatic heterocycles. The molecule has 2 atom stereocenters. The molecule has 1 saturated carbocycles. The van der Waals surface area contributed by atoms with Gasteiger partial charge in [-0.15, -0.1) is 0 Å². The summed E-state index contributed by atoms with van der Waals surface area (Å²) in [6, 6.07) is 11.0. The maximum atomic E-state index is 13.2. The lowest BCUT2D eigenvalue weighted by molar-refractivity contribution is -0.0789. The first kappa shape index (κ1) is 17.3. The number of hydrogen-bond donors (Lipinski definition) is 1. The van der Waals surface area contributed by atoms with E-state index in [9.17, 15) is 9.90 Å². The Hall–Kier alpha value is -2.07. The minimum absolute atomic E-state index is 0.128. The molecule has 1 amide bonds. The zero-order valence-corrected chi connectivity index (χ0v) is 16.1. The lowest BCUT2D eigenvalue weighted by Gasteiger charge is -2.57. The first-order valence-corrected chi connectivity index (χ1v) is 9.37. The van der Waals surface area contributed by atoms with Gasteiger partial charge in [-0.1, -0.05) is 26.0 Å². The SMILES string of the molecule is CN(C)C[C@@]12CN(C(=O)c3ccc4cc(O)ccc4c3)C[C@@H]1C(C)(C)C2. The highest BCUT2D eigenvalue weighted by Gasteiger charge is 2.63. The van der Waals surface area contributed by atoms with Gasteiger partial charge in [0.05, 0.1) is 0 Å². The Bertz CT molecular complexity index is 870. The molecule has 0 unspecified atom stereocenters. The zero-order valence-electron chi connectivity index (χ0n) is 16.1. The summed E-state index contributed by atoms with van der Waals surface area (Å²) >= 11 is 0. The average molecular weight is 352 g/mol. The standard InChI is InChI=1S/C22H28N2O2/c1-21(2)12-22(13-23(3)4)14-24(11-19(21)22)20(26)17-6-5-16-10-18(25)8-7-15(16)9-17/h5-10,19,25H,11-14H2,1-4H3/t19-,22+/m1/s1. The summed E-state index contributed by atoms with van der Waals surface area (Å²) in [7, 11) is 4.25. The van der Waals surface area contributed by atoms with Crippen molar-refractivity contribution in [1.29, 1.82) is 0 Å². The van der Waals surface area contributed by atoms with Crippen molar-refractivity contribution in [3.63, 3.8) is 0 Å². The third-order valence-electron chi connectivity index (χ3n) is 6.39. The van der Waals surface area contributed by atoms with Crippen molar-refractivity contribution in [2.75, 3.05) is 33.7 Å². The van der Waals surface area contributed by atoms with Gasteiger partial charge in [0, 0.05) is 30.6 Å². The molecular formula is C22H28N2O2. The van der Waals surface area contributed by atoms with E-state index >= 15 is 0 Å². The normalized spacial score (nSPS) is 26.8. The molecule has 138 valence electrons. The Morgan fingerprint density at radius 3 is 2.58 bits per heavy atom. The summed E-state index contributed by atoms with van der Waals surface area (Å²) in [5.41, 5.74) is 1.29. The molecule has 4 nitrogen and oxygen atoms in total. The fourth-order valence-electron chi connectivity index (χ4n) is 5.67. The number of amides is 1. The van der Waals surface area contributed by atoms with Crippen LogP contribution in [-0.2, 0) is 0 Å².